The van der Waals surface area contributed by atoms with Crippen molar-refractivity contribution in [2.24, 2.45) is 0 Å². The number of nitriles is 1. The van der Waals surface area contributed by atoms with Crippen LogP contribution in [-0.2, 0) is 9.47 Å². The first-order valence-corrected chi connectivity index (χ1v) is 11.3. The Morgan fingerprint density at radius 2 is 2.11 bits per heavy atom. The summed E-state index contributed by atoms with van der Waals surface area (Å²) in [7, 11) is 3.46. The van der Waals surface area contributed by atoms with E-state index in [1.54, 1.807) is 30.7 Å². The number of halogens is 1. The van der Waals surface area contributed by atoms with Crippen molar-refractivity contribution in [2.45, 2.75) is 13.0 Å². The van der Waals surface area contributed by atoms with Gasteiger partial charge in [-0.05, 0) is 36.8 Å². The number of pyridine rings is 2. The number of hydrogen-bond donors (Lipinski definition) is 2. The highest BCUT2D eigenvalue weighted by Gasteiger charge is 2.19. The minimum Gasteiger partial charge on any atom is -0.466 e. The second-order valence-electron chi connectivity index (χ2n) is 8.09. The van der Waals surface area contributed by atoms with Crippen LogP contribution in [0.15, 0.2) is 78.4 Å². The Balaban J connectivity index is 1.56. The van der Waals surface area contributed by atoms with Gasteiger partial charge in [-0.1, -0.05) is 6.07 Å². The molecule has 3 aromatic heterocycles. The van der Waals surface area contributed by atoms with E-state index in [1.807, 2.05) is 43.1 Å². The summed E-state index contributed by atoms with van der Waals surface area (Å²) in [6.07, 6.45) is 10.2. The summed E-state index contributed by atoms with van der Waals surface area (Å²) in [4.78, 5) is 11.0. The zero-order valence-corrected chi connectivity index (χ0v) is 20.5. The van der Waals surface area contributed by atoms with E-state index in [4.69, 9.17) is 14.9 Å². The SMILES string of the molecule is COCOC1=CN/C(=C(/C#N)C=N)C(c2ccc(N(C)C(C)c3ccc(-n4cc(F)cn4)nc3)nc2)=C1. The highest BCUT2D eigenvalue weighted by Crippen LogP contribution is 2.30. The molecule has 0 aliphatic carbocycles. The number of hydrogen-bond acceptors (Lipinski definition) is 9. The van der Waals surface area contributed by atoms with Crippen molar-refractivity contribution in [3.05, 3.63) is 95.3 Å². The van der Waals surface area contributed by atoms with Crippen LogP contribution in [-0.4, -0.2) is 46.9 Å². The third kappa shape index (κ3) is 5.55. The highest BCUT2D eigenvalue weighted by atomic mass is 19.1. The number of anilines is 1. The van der Waals surface area contributed by atoms with Crippen LogP contribution in [0.1, 0.15) is 24.1 Å². The lowest BCUT2D eigenvalue weighted by Gasteiger charge is -2.26. The van der Waals surface area contributed by atoms with Gasteiger partial charge in [0.05, 0.1) is 29.7 Å². The van der Waals surface area contributed by atoms with Crippen molar-refractivity contribution in [3.8, 4) is 11.9 Å². The molecule has 0 radical (unpaired) electrons. The zero-order valence-electron chi connectivity index (χ0n) is 20.5. The van der Waals surface area contributed by atoms with E-state index >= 15 is 0 Å². The highest BCUT2D eigenvalue weighted by molar-refractivity contribution is 5.92. The van der Waals surface area contributed by atoms with Crippen molar-refractivity contribution < 1.29 is 13.9 Å². The van der Waals surface area contributed by atoms with Crippen LogP contribution in [0.4, 0.5) is 10.2 Å². The molecule has 0 fully saturated rings. The Hall–Kier alpha value is -4.82. The Morgan fingerprint density at radius 1 is 1.27 bits per heavy atom. The summed E-state index contributed by atoms with van der Waals surface area (Å²) in [5.41, 5.74) is 3.02. The number of aromatic nitrogens is 4. The smallest absolute Gasteiger partial charge is 0.188 e. The van der Waals surface area contributed by atoms with Crippen LogP contribution in [0, 0.1) is 22.6 Å². The van der Waals surface area contributed by atoms with E-state index in [9.17, 15) is 9.65 Å². The fourth-order valence-corrected chi connectivity index (χ4v) is 3.68. The van der Waals surface area contributed by atoms with E-state index in [-0.39, 0.29) is 18.4 Å². The molecule has 1 aliphatic heterocycles. The van der Waals surface area contributed by atoms with Crippen molar-refractivity contribution in [2.75, 3.05) is 25.9 Å². The van der Waals surface area contributed by atoms with Crippen LogP contribution >= 0.6 is 0 Å². The van der Waals surface area contributed by atoms with Crippen LogP contribution in [0.2, 0.25) is 0 Å². The van der Waals surface area contributed by atoms with E-state index in [0.29, 0.717) is 22.8 Å². The van der Waals surface area contributed by atoms with Gasteiger partial charge in [-0.25, -0.2) is 19.0 Å². The summed E-state index contributed by atoms with van der Waals surface area (Å²) in [6.45, 7) is 2.10. The molecule has 188 valence electrons. The maximum absolute atomic E-state index is 13.3. The predicted molar refractivity (Wildman–Crippen MR) is 136 cm³/mol. The van der Waals surface area contributed by atoms with E-state index in [0.717, 1.165) is 29.4 Å². The summed E-state index contributed by atoms with van der Waals surface area (Å²) in [5, 5.41) is 24.1. The molecular weight excluding hydrogens is 475 g/mol. The van der Waals surface area contributed by atoms with Gasteiger partial charge >= 0.3 is 0 Å². The molecule has 11 heteroatoms. The van der Waals surface area contributed by atoms with Gasteiger partial charge < -0.3 is 25.1 Å². The number of dihydropyridines is 1. The zero-order chi connectivity index (χ0) is 26.4. The lowest BCUT2D eigenvalue weighted by atomic mass is 9.98. The van der Waals surface area contributed by atoms with Gasteiger partial charge in [-0.2, -0.15) is 10.4 Å². The lowest BCUT2D eigenvalue weighted by Crippen LogP contribution is -2.23. The molecule has 1 unspecified atom stereocenters. The normalized spacial score (nSPS) is 15.0. The standard InChI is InChI=1S/C26H25FN8O2/c1-17(18-4-7-25(31-11-18)35-15-21(27)13-33-35)34(2)24-6-5-19(12-30-24)23-8-22(37-16-36-3)14-32-26(23)20(9-28)10-29/h4-9,11-15,17,28,32H,16H2,1-3H3/b26-20+,28-9?. The number of allylic oxidation sites excluding steroid dienone is 3. The molecule has 2 N–H and O–H groups in total. The largest absolute Gasteiger partial charge is 0.466 e. The van der Waals surface area contributed by atoms with Crippen molar-refractivity contribution >= 4 is 17.6 Å². The van der Waals surface area contributed by atoms with Gasteiger partial charge in [0.1, 0.15) is 17.6 Å². The maximum Gasteiger partial charge on any atom is 0.188 e. The lowest BCUT2D eigenvalue weighted by molar-refractivity contribution is 0.00954. The topological polar surface area (TPSA) is 125 Å². The number of rotatable bonds is 9. The van der Waals surface area contributed by atoms with Crippen molar-refractivity contribution in [3.63, 3.8) is 0 Å². The number of ether oxygens (including phenoxy) is 2. The number of nitrogens with zero attached hydrogens (tertiary/aromatic N) is 6. The average Bonchev–Trinajstić information content (AvgIpc) is 3.38. The van der Waals surface area contributed by atoms with Crippen LogP contribution < -0.4 is 10.2 Å². The molecule has 10 nitrogen and oxygen atoms in total. The van der Waals surface area contributed by atoms with Gasteiger partial charge in [0.15, 0.2) is 18.4 Å². The predicted octanol–water partition coefficient (Wildman–Crippen LogP) is 3.87. The minimum atomic E-state index is -0.424. The average molecular weight is 501 g/mol. The second kappa shape index (κ2) is 11.3. The van der Waals surface area contributed by atoms with Gasteiger partial charge in [0.25, 0.3) is 0 Å². The third-order valence-electron chi connectivity index (χ3n) is 5.83. The van der Waals surface area contributed by atoms with Crippen LogP contribution in [0.5, 0.6) is 0 Å². The second-order valence-corrected chi connectivity index (χ2v) is 8.09. The van der Waals surface area contributed by atoms with E-state index in [1.165, 1.54) is 18.0 Å². The molecule has 0 saturated carbocycles. The van der Waals surface area contributed by atoms with Gasteiger partial charge in [-0.15, -0.1) is 0 Å². The molecule has 4 rings (SSSR count). The Bertz CT molecular complexity index is 1400. The molecule has 1 atom stereocenters. The molecule has 0 amide bonds. The molecule has 4 heterocycles. The summed E-state index contributed by atoms with van der Waals surface area (Å²) in [5.74, 6) is 1.34. The first-order chi connectivity index (χ1) is 17.9. The number of methoxy groups -OCH3 is 1. The first kappa shape index (κ1) is 25.3. The first-order valence-electron chi connectivity index (χ1n) is 11.3. The maximum atomic E-state index is 13.3. The number of nitrogens with one attached hydrogen (secondary N) is 2. The van der Waals surface area contributed by atoms with Crippen molar-refractivity contribution in [1.82, 2.24) is 25.1 Å². The van der Waals surface area contributed by atoms with Gasteiger partial charge in [-0.3, -0.25) is 0 Å². The van der Waals surface area contributed by atoms with Crippen LogP contribution in [0.3, 0.4) is 0 Å². The Morgan fingerprint density at radius 3 is 2.70 bits per heavy atom. The van der Waals surface area contributed by atoms with E-state index < -0.39 is 5.82 Å². The third-order valence-corrected chi connectivity index (χ3v) is 5.83. The summed E-state index contributed by atoms with van der Waals surface area (Å²) < 4.78 is 25.1. The fraction of sp³-hybridized carbons (Fsp3) is 0.192. The molecule has 0 aromatic carbocycles. The quantitative estimate of drug-likeness (QED) is 0.258. The molecule has 1 aliphatic rings. The summed E-state index contributed by atoms with van der Waals surface area (Å²) >= 11 is 0. The van der Waals surface area contributed by atoms with E-state index in [2.05, 4.69) is 20.4 Å². The van der Waals surface area contributed by atoms with Crippen molar-refractivity contribution in [1.29, 1.82) is 10.7 Å². The molecule has 0 saturated heterocycles. The monoisotopic (exact) mass is 500 g/mol. The molecule has 37 heavy (non-hydrogen) atoms. The van der Waals surface area contributed by atoms with Crippen LogP contribution in [0.25, 0.3) is 11.4 Å². The molecular formula is C26H25FN8O2. The molecule has 0 bridgehead atoms. The Kier molecular flexibility index (Phi) is 7.71. The molecule has 0 spiro atoms. The summed E-state index contributed by atoms with van der Waals surface area (Å²) in [6, 6.07) is 9.46. The van der Waals surface area contributed by atoms with Gasteiger partial charge in [0.2, 0.25) is 0 Å². The molecule has 3 aromatic rings. The van der Waals surface area contributed by atoms with Gasteiger partial charge in [0, 0.05) is 50.1 Å². The minimum absolute atomic E-state index is 0.0552. The Labute approximate surface area is 213 Å². The fourth-order valence-electron chi connectivity index (χ4n) is 3.68.